The van der Waals surface area contributed by atoms with Crippen LogP contribution in [0.15, 0.2) is 18.2 Å². The van der Waals surface area contributed by atoms with Crippen LogP contribution in [0, 0.1) is 6.92 Å². The highest BCUT2D eigenvalue weighted by Gasteiger charge is 2.18. The standard InChI is InChI=1S/C13H14N2O/c1-9-2-3-12-10(6-9)11(8-16)13-7-14-4-5-15(12)13/h2-3,6,8,14H,4-5,7H2,1H3. The van der Waals surface area contributed by atoms with Gasteiger partial charge in [-0.1, -0.05) is 11.6 Å². The largest absolute Gasteiger partial charge is 0.341 e. The van der Waals surface area contributed by atoms with E-state index >= 15 is 0 Å². The Morgan fingerprint density at radius 1 is 1.44 bits per heavy atom. The van der Waals surface area contributed by atoms with Crippen molar-refractivity contribution in [2.24, 2.45) is 0 Å². The van der Waals surface area contributed by atoms with E-state index in [1.165, 1.54) is 11.1 Å². The van der Waals surface area contributed by atoms with Crippen molar-refractivity contribution in [1.29, 1.82) is 0 Å². The molecule has 0 unspecified atom stereocenters. The molecule has 0 saturated carbocycles. The second kappa shape index (κ2) is 3.46. The molecule has 1 aromatic heterocycles. The molecule has 0 spiro atoms. The summed E-state index contributed by atoms with van der Waals surface area (Å²) < 4.78 is 2.26. The Kier molecular flexibility index (Phi) is 2.07. The van der Waals surface area contributed by atoms with Crippen molar-refractivity contribution >= 4 is 17.2 Å². The van der Waals surface area contributed by atoms with Gasteiger partial charge in [-0.2, -0.15) is 0 Å². The number of benzene rings is 1. The van der Waals surface area contributed by atoms with Gasteiger partial charge >= 0.3 is 0 Å². The molecule has 0 amide bonds. The number of nitrogens with one attached hydrogen (secondary N) is 1. The molecule has 0 saturated heterocycles. The Hall–Kier alpha value is -1.61. The lowest BCUT2D eigenvalue weighted by Gasteiger charge is -2.17. The van der Waals surface area contributed by atoms with Crippen LogP contribution in [0.3, 0.4) is 0 Å². The molecule has 1 N–H and O–H groups in total. The zero-order valence-electron chi connectivity index (χ0n) is 9.29. The third-order valence-corrected chi connectivity index (χ3v) is 3.29. The maximum atomic E-state index is 11.2. The Labute approximate surface area is 94.1 Å². The number of hydrogen-bond acceptors (Lipinski definition) is 2. The van der Waals surface area contributed by atoms with Crippen LogP contribution in [0.1, 0.15) is 21.6 Å². The summed E-state index contributed by atoms with van der Waals surface area (Å²) in [5.41, 5.74) is 4.36. The van der Waals surface area contributed by atoms with Crippen molar-refractivity contribution < 1.29 is 4.79 Å². The van der Waals surface area contributed by atoms with Gasteiger partial charge in [-0.25, -0.2) is 0 Å². The second-order valence-corrected chi connectivity index (χ2v) is 4.33. The SMILES string of the molecule is Cc1ccc2c(c1)c(C=O)c1n2CCNC1. The first-order chi connectivity index (χ1) is 7.81. The molecule has 1 aliphatic heterocycles. The molecule has 0 bridgehead atoms. The van der Waals surface area contributed by atoms with Crippen molar-refractivity contribution in [2.45, 2.75) is 20.0 Å². The summed E-state index contributed by atoms with van der Waals surface area (Å²) in [5, 5.41) is 4.40. The Bertz CT molecular complexity index is 569. The van der Waals surface area contributed by atoms with Crippen LogP contribution in [-0.2, 0) is 13.1 Å². The number of aromatic nitrogens is 1. The minimum absolute atomic E-state index is 0.793. The van der Waals surface area contributed by atoms with Gasteiger partial charge in [-0.3, -0.25) is 4.79 Å². The van der Waals surface area contributed by atoms with Crippen LogP contribution < -0.4 is 5.32 Å². The molecule has 1 aromatic carbocycles. The first kappa shape index (κ1) is 9.60. The predicted octanol–water partition coefficient (Wildman–Crippen LogP) is 1.87. The first-order valence-corrected chi connectivity index (χ1v) is 5.59. The third-order valence-electron chi connectivity index (χ3n) is 3.29. The van der Waals surface area contributed by atoms with E-state index in [-0.39, 0.29) is 0 Å². The molecule has 0 atom stereocenters. The number of fused-ring (bicyclic) bond motifs is 3. The van der Waals surface area contributed by atoms with E-state index in [1.807, 2.05) is 0 Å². The number of aldehydes is 1. The van der Waals surface area contributed by atoms with Crippen molar-refractivity contribution in [1.82, 2.24) is 9.88 Å². The molecular formula is C13H14N2O. The summed E-state index contributed by atoms with van der Waals surface area (Å²) in [7, 11) is 0. The minimum Gasteiger partial charge on any atom is -0.341 e. The molecule has 0 fully saturated rings. The van der Waals surface area contributed by atoms with Crippen LogP contribution in [0.4, 0.5) is 0 Å². The van der Waals surface area contributed by atoms with Crippen molar-refractivity contribution in [3.63, 3.8) is 0 Å². The maximum absolute atomic E-state index is 11.2. The number of carbonyl (C=O) groups is 1. The van der Waals surface area contributed by atoms with Gasteiger partial charge in [0, 0.05) is 41.8 Å². The highest BCUT2D eigenvalue weighted by Crippen LogP contribution is 2.27. The normalized spacial score (nSPS) is 15.1. The van der Waals surface area contributed by atoms with E-state index < -0.39 is 0 Å². The van der Waals surface area contributed by atoms with E-state index in [0.29, 0.717) is 0 Å². The lowest BCUT2D eigenvalue weighted by Crippen LogP contribution is -2.28. The topological polar surface area (TPSA) is 34.0 Å². The molecule has 1 aliphatic rings. The summed E-state index contributed by atoms with van der Waals surface area (Å²) >= 11 is 0. The smallest absolute Gasteiger partial charge is 0.152 e. The molecule has 16 heavy (non-hydrogen) atoms. The average Bonchev–Trinajstić information content (AvgIpc) is 2.61. The second-order valence-electron chi connectivity index (χ2n) is 4.33. The highest BCUT2D eigenvalue weighted by atomic mass is 16.1. The van der Waals surface area contributed by atoms with Crippen LogP contribution in [0.5, 0.6) is 0 Å². The number of aryl methyl sites for hydroxylation is 1. The van der Waals surface area contributed by atoms with Crippen LogP contribution in [0.25, 0.3) is 10.9 Å². The van der Waals surface area contributed by atoms with Crippen LogP contribution >= 0.6 is 0 Å². The fourth-order valence-corrected chi connectivity index (χ4v) is 2.52. The van der Waals surface area contributed by atoms with E-state index in [0.717, 1.165) is 42.6 Å². The molecule has 0 radical (unpaired) electrons. The van der Waals surface area contributed by atoms with E-state index in [2.05, 4.69) is 35.0 Å². The van der Waals surface area contributed by atoms with Gasteiger partial charge in [0.2, 0.25) is 0 Å². The van der Waals surface area contributed by atoms with E-state index in [9.17, 15) is 4.79 Å². The van der Waals surface area contributed by atoms with Crippen molar-refractivity contribution in [3.8, 4) is 0 Å². The van der Waals surface area contributed by atoms with Gasteiger partial charge in [0.1, 0.15) is 0 Å². The van der Waals surface area contributed by atoms with E-state index in [1.54, 1.807) is 0 Å². The van der Waals surface area contributed by atoms with Gasteiger partial charge in [0.25, 0.3) is 0 Å². The number of nitrogens with zero attached hydrogens (tertiary/aromatic N) is 1. The van der Waals surface area contributed by atoms with Crippen LogP contribution in [-0.4, -0.2) is 17.4 Å². The molecule has 3 heteroatoms. The van der Waals surface area contributed by atoms with Gasteiger partial charge in [0.15, 0.2) is 6.29 Å². The first-order valence-electron chi connectivity index (χ1n) is 5.59. The van der Waals surface area contributed by atoms with Gasteiger partial charge in [0.05, 0.1) is 0 Å². The maximum Gasteiger partial charge on any atom is 0.152 e. The molecule has 3 nitrogen and oxygen atoms in total. The number of hydrogen-bond donors (Lipinski definition) is 1. The Morgan fingerprint density at radius 2 is 2.31 bits per heavy atom. The number of rotatable bonds is 1. The average molecular weight is 214 g/mol. The highest BCUT2D eigenvalue weighted by molar-refractivity contribution is 5.99. The van der Waals surface area contributed by atoms with Gasteiger partial charge in [-0.15, -0.1) is 0 Å². The zero-order valence-corrected chi connectivity index (χ0v) is 9.29. The molecule has 0 aliphatic carbocycles. The molecule has 2 heterocycles. The minimum atomic E-state index is 0.793. The summed E-state index contributed by atoms with van der Waals surface area (Å²) in [4.78, 5) is 11.2. The lowest BCUT2D eigenvalue weighted by atomic mass is 10.1. The summed E-state index contributed by atoms with van der Waals surface area (Å²) in [6.07, 6.45) is 0.987. The predicted molar refractivity (Wildman–Crippen MR) is 63.8 cm³/mol. The quantitative estimate of drug-likeness (QED) is 0.735. The number of carbonyl (C=O) groups excluding carboxylic acids is 1. The van der Waals surface area contributed by atoms with Gasteiger partial charge in [-0.05, 0) is 19.1 Å². The molecule has 82 valence electrons. The Balaban J connectivity index is 2.41. The summed E-state index contributed by atoms with van der Waals surface area (Å²) in [6, 6.07) is 6.32. The van der Waals surface area contributed by atoms with Crippen LogP contribution in [0.2, 0.25) is 0 Å². The fourth-order valence-electron chi connectivity index (χ4n) is 2.52. The van der Waals surface area contributed by atoms with Crippen molar-refractivity contribution in [3.05, 3.63) is 35.0 Å². The van der Waals surface area contributed by atoms with E-state index in [4.69, 9.17) is 0 Å². The lowest BCUT2D eigenvalue weighted by molar-refractivity contribution is 0.112. The summed E-state index contributed by atoms with van der Waals surface area (Å²) in [6.45, 7) is 4.77. The fraction of sp³-hybridized carbons (Fsp3) is 0.308. The van der Waals surface area contributed by atoms with Crippen molar-refractivity contribution in [2.75, 3.05) is 6.54 Å². The molecule has 2 aromatic rings. The molecule has 3 rings (SSSR count). The van der Waals surface area contributed by atoms with Gasteiger partial charge < -0.3 is 9.88 Å². The third kappa shape index (κ3) is 1.21. The monoisotopic (exact) mass is 214 g/mol. The zero-order chi connectivity index (χ0) is 11.1. The summed E-state index contributed by atoms with van der Waals surface area (Å²) in [5.74, 6) is 0. The Morgan fingerprint density at radius 3 is 3.12 bits per heavy atom. The molecular weight excluding hydrogens is 200 g/mol.